The molecule has 1 aliphatic heterocycles. The third-order valence-corrected chi connectivity index (χ3v) is 4.81. The minimum atomic E-state index is 0.0814. The summed E-state index contributed by atoms with van der Waals surface area (Å²) in [6.45, 7) is 3.61. The first kappa shape index (κ1) is 15.8. The predicted octanol–water partition coefficient (Wildman–Crippen LogP) is 4.15. The second-order valence-electron chi connectivity index (χ2n) is 6.50. The topological polar surface area (TPSA) is 29.5 Å². The number of unbranched alkanes of at least 4 members (excludes halogenated alkanes) is 1. The van der Waals surface area contributed by atoms with Crippen LogP contribution in [0.5, 0.6) is 0 Å². The molecule has 2 fully saturated rings. The Morgan fingerprint density at radius 2 is 2.18 bits per heavy atom. The molecule has 1 aromatic carbocycles. The van der Waals surface area contributed by atoms with Crippen molar-refractivity contribution < 1.29 is 9.53 Å². The maximum absolute atomic E-state index is 12.8. The Labute approximate surface area is 137 Å². The zero-order chi connectivity index (χ0) is 15.5. The zero-order valence-corrected chi connectivity index (χ0v) is 13.9. The van der Waals surface area contributed by atoms with Crippen LogP contribution in [0.2, 0.25) is 5.02 Å². The number of hydrogen-bond donors (Lipinski definition) is 0. The van der Waals surface area contributed by atoms with Gasteiger partial charge in [-0.25, -0.2) is 0 Å². The standard InChI is InChI=1S/C18H24ClNO2/c1-2-3-7-16-11-20(12-17(22-16)13-8-9-13)18(21)14-5-4-6-15(19)10-14/h4-6,10,13,16-17H,2-3,7-9,11-12H2,1H3/t16-,17-/m1/s1. The van der Waals surface area contributed by atoms with Gasteiger partial charge in [0.1, 0.15) is 0 Å². The lowest BCUT2D eigenvalue weighted by Crippen LogP contribution is -2.50. The molecule has 2 aliphatic rings. The fourth-order valence-electron chi connectivity index (χ4n) is 3.16. The van der Waals surface area contributed by atoms with E-state index < -0.39 is 0 Å². The van der Waals surface area contributed by atoms with Crippen LogP contribution in [0.1, 0.15) is 49.4 Å². The Hall–Kier alpha value is -1.06. The van der Waals surface area contributed by atoms with E-state index in [1.54, 1.807) is 12.1 Å². The Morgan fingerprint density at radius 3 is 2.86 bits per heavy atom. The number of nitrogens with zero attached hydrogens (tertiary/aromatic N) is 1. The molecule has 3 rings (SSSR count). The van der Waals surface area contributed by atoms with Gasteiger partial charge >= 0.3 is 0 Å². The van der Waals surface area contributed by atoms with E-state index >= 15 is 0 Å². The maximum Gasteiger partial charge on any atom is 0.254 e. The van der Waals surface area contributed by atoms with Crippen molar-refractivity contribution >= 4 is 17.5 Å². The van der Waals surface area contributed by atoms with Crippen LogP contribution in [0.4, 0.5) is 0 Å². The monoisotopic (exact) mass is 321 g/mol. The number of carbonyl (C=O) groups excluding carboxylic acids is 1. The van der Waals surface area contributed by atoms with Crippen LogP contribution in [-0.4, -0.2) is 36.1 Å². The minimum Gasteiger partial charge on any atom is -0.371 e. The highest BCUT2D eigenvalue weighted by molar-refractivity contribution is 6.30. The van der Waals surface area contributed by atoms with Crippen LogP contribution in [-0.2, 0) is 4.74 Å². The SMILES string of the molecule is CCCC[C@@H]1CN(C(=O)c2cccc(Cl)c2)C[C@H](C2CC2)O1. The molecule has 0 spiro atoms. The molecule has 1 aromatic rings. The molecule has 120 valence electrons. The number of rotatable bonds is 5. The summed E-state index contributed by atoms with van der Waals surface area (Å²) in [4.78, 5) is 14.7. The molecule has 2 atom stereocenters. The van der Waals surface area contributed by atoms with E-state index in [1.165, 1.54) is 12.8 Å². The van der Waals surface area contributed by atoms with Gasteiger partial charge in [-0.05, 0) is 43.4 Å². The largest absolute Gasteiger partial charge is 0.371 e. The number of hydrogen-bond acceptors (Lipinski definition) is 2. The Bertz CT molecular complexity index is 530. The third kappa shape index (κ3) is 3.82. The second kappa shape index (κ2) is 7.01. The molecule has 1 amide bonds. The molecular weight excluding hydrogens is 298 g/mol. The summed E-state index contributed by atoms with van der Waals surface area (Å²) in [6.07, 6.45) is 6.24. The quantitative estimate of drug-likeness (QED) is 0.815. The van der Waals surface area contributed by atoms with E-state index in [0.29, 0.717) is 23.0 Å². The summed E-state index contributed by atoms with van der Waals surface area (Å²) in [5, 5.41) is 0.611. The first-order chi connectivity index (χ1) is 10.7. The summed E-state index contributed by atoms with van der Waals surface area (Å²) in [5.74, 6) is 0.733. The molecule has 0 unspecified atom stereocenters. The van der Waals surface area contributed by atoms with E-state index in [1.807, 2.05) is 17.0 Å². The average Bonchev–Trinajstić information content (AvgIpc) is 3.37. The summed E-state index contributed by atoms with van der Waals surface area (Å²) in [5.41, 5.74) is 0.679. The summed E-state index contributed by atoms with van der Waals surface area (Å²) >= 11 is 6.02. The number of ether oxygens (including phenoxy) is 1. The lowest BCUT2D eigenvalue weighted by molar-refractivity contribution is -0.0874. The first-order valence-corrected chi connectivity index (χ1v) is 8.75. The molecule has 1 heterocycles. The van der Waals surface area contributed by atoms with Gasteiger partial charge < -0.3 is 9.64 Å². The minimum absolute atomic E-state index is 0.0814. The molecule has 1 saturated heterocycles. The highest BCUT2D eigenvalue weighted by Crippen LogP contribution is 2.37. The molecule has 0 bridgehead atoms. The fraction of sp³-hybridized carbons (Fsp3) is 0.611. The summed E-state index contributed by atoms with van der Waals surface area (Å²) in [7, 11) is 0. The lowest BCUT2D eigenvalue weighted by atomic mass is 10.1. The molecule has 0 aromatic heterocycles. The van der Waals surface area contributed by atoms with Gasteiger partial charge in [0.15, 0.2) is 0 Å². The van der Waals surface area contributed by atoms with Crippen molar-refractivity contribution in [1.82, 2.24) is 4.90 Å². The van der Waals surface area contributed by atoms with Gasteiger partial charge in [0.05, 0.1) is 12.2 Å². The molecule has 22 heavy (non-hydrogen) atoms. The van der Waals surface area contributed by atoms with E-state index in [2.05, 4.69) is 6.92 Å². The van der Waals surface area contributed by atoms with Crippen LogP contribution < -0.4 is 0 Å². The van der Waals surface area contributed by atoms with Crippen molar-refractivity contribution in [1.29, 1.82) is 0 Å². The van der Waals surface area contributed by atoms with Crippen LogP contribution in [0.3, 0.4) is 0 Å². The van der Waals surface area contributed by atoms with E-state index in [-0.39, 0.29) is 18.1 Å². The number of benzene rings is 1. The number of halogens is 1. The van der Waals surface area contributed by atoms with Crippen LogP contribution >= 0.6 is 11.6 Å². The van der Waals surface area contributed by atoms with Crippen molar-refractivity contribution in [2.24, 2.45) is 5.92 Å². The molecule has 3 nitrogen and oxygen atoms in total. The number of morpholine rings is 1. The van der Waals surface area contributed by atoms with Crippen molar-refractivity contribution in [2.45, 2.75) is 51.2 Å². The van der Waals surface area contributed by atoms with Gasteiger partial charge in [0.2, 0.25) is 0 Å². The van der Waals surface area contributed by atoms with Gasteiger partial charge in [0.25, 0.3) is 5.91 Å². The fourth-order valence-corrected chi connectivity index (χ4v) is 3.35. The van der Waals surface area contributed by atoms with Gasteiger partial charge in [-0.2, -0.15) is 0 Å². The van der Waals surface area contributed by atoms with Crippen molar-refractivity contribution in [3.05, 3.63) is 34.9 Å². The van der Waals surface area contributed by atoms with Crippen LogP contribution in [0.25, 0.3) is 0 Å². The van der Waals surface area contributed by atoms with Gasteiger partial charge in [-0.1, -0.05) is 37.4 Å². The highest BCUT2D eigenvalue weighted by Gasteiger charge is 2.39. The third-order valence-electron chi connectivity index (χ3n) is 4.58. The van der Waals surface area contributed by atoms with Crippen LogP contribution in [0.15, 0.2) is 24.3 Å². The van der Waals surface area contributed by atoms with E-state index in [0.717, 1.165) is 25.8 Å². The average molecular weight is 322 g/mol. The Morgan fingerprint density at radius 1 is 1.36 bits per heavy atom. The van der Waals surface area contributed by atoms with Gasteiger partial charge in [-0.3, -0.25) is 4.79 Å². The van der Waals surface area contributed by atoms with Crippen molar-refractivity contribution in [3.8, 4) is 0 Å². The van der Waals surface area contributed by atoms with Crippen molar-refractivity contribution in [3.63, 3.8) is 0 Å². The van der Waals surface area contributed by atoms with Crippen molar-refractivity contribution in [2.75, 3.05) is 13.1 Å². The van der Waals surface area contributed by atoms with E-state index in [4.69, 9.17) is 16.3 Å². The number of amides is 1. The molecule has 0 radical (unpaired) electrons. The number of carbonyl (C=O) groups is 1. The zero-order valence-electron chi connectivity index (χ0n) is 13.1. The molecular formula is C18H24ClNO2. The molecule has 1 aliphatic carbocycles. The normalized spacial score (nSPS) is 25.3. The first-order valence-electron chi connectivity index (χ1n) is 8.37. The molecule has 0 N–H and O–H groups in total. The lowest BCUT2D eigenvalue weighted by Gasteiger charge is -2.38. The predicted molar refractivity (Wildman–Crippen MR) is 88.3 cm³/mol. The smallest absolute Gasteiger partial charge is 0.254 e. The molecule has 4 heteroatoms. The van der Waals surface area contributed by atoms with Gasteiger partial charge in [-0.15, -0.1) is 0 Å². The van der Waals surface area contributed by atoms with Crippen LogP contribution in [0, 0.1) is 5.92 Å². The summed E-state index contributed by atoms with van der Waals surface area (Å²) < 4.78 is 6.23. The summed E-state index contributed by atoms with van der Waals surface area (Å²) in [6, 6.07) is 7.24. The highest BCUT2D eigenvalue weighted by atomic mass is 35.5. The maximum atomic E-state index is 12.8. The van der Waals surface area contributed by atoms with E-state index in [9.17, 15) is 4.79 Å². The Kier molecular flexibility index (Phi) is 5.04. The van der Waals surface area contributed by atoms with Gasteiger partial charge in [0, 0.05) is 23.7 Å². The Balaban J connectivity index is 1.71. The molecule has 1 saturated carbocycles. The second-order valence-corrected chi connectivity index (χ2v) is 6.93.